The monoisotopic (exact) mass is 284 g/mol. The smallest absolute Gasteiger partial charge is 0.0462 e. The van der Waals surface area contributed by atoms with Crippen molar-refractivity contribution < 1.29 is 5.11 Å². The zero-order valence-corrected chi connectivity index (χ0v) is 11.7. The van der Waals surface area contributed by atoms with Crippen LogP contribution in [0.1, 0.15) is 32.3 Å². The maximum Gasteiger partial charge on any atom is 0.0462 e. The Hall–Kier alpha value is -0.340. The molecule has 1 nitrogen and oxygen atoms in total. The van der Waals surface area contributed by atoms with Crippen LogP contribution in [0.4, 0.5) is 0 Å². The van der Waals surface area contributed by atoms with Gasteiger partial charge in [-0.1, -0.05) is 54.4 Å². The van der Waals surface area contributed by atoms with Gasteiger partial charge in [0.05, 0.1) is 0 Å². The summed E-state index contributed by atoms with van der Waals surface area (Å²) in [4.78, 5) is 0. The van der Waals surface area contributed by atoms with Crippen LogP contribution in [0, 0.1) is 11.8 Å². The summed E-state index contributed by atoms with van der Waals surface area (Å²) < 4.78 is 1.15. The summed E-state index contributed by atoms with van der Waals surface area (Å²) in [7, 11) is 0. The van der Waals surface area contributed by atoms with Gasteiger partial charge in [0.25, 0.3) is 0 Å². The summed E-state index contributed by atoms with van der Waals surface area (Å²) in [5.74, 6) is 1.08. The molecule has 0 spiro atoms. The minimum atomic E-state index is 0.283. The van der Waals surface area contributed by atoms with Crippen molar-refractivity contribution in [2.24, 2.45) is 11.8 Å². The van der Waals surface area contributed by atoms with Crippen LogP contribution in [0.2, 0.25) is 0 Å². The first-order valence-corrected chi connectivity index (χ1v) is 6.80. The first-order chi connectivity index (χ1) is 7.67. The molecule has 0 aliphatic heterocycles. The number of benzene rings is 1. The lowest BCUT2D eigenvalue weighted by Gasteiger charge is -2.18. The molecule has 2 atom stereocenters. The highest BCUT2D eigenvalue weighted by Gasteiger charge is 2.13. The van der Waals surface area contributed by atoms with Gasteiger partial charge in [0.15, 0.2) is 0 Å². The Bertz CT molecular complexity index is 311. The van der Waals surface area contributed by atoms with Crippen LogP contribution >= 0.6 is 15.9 Å². The van der Waals surface area contributed by atoms with Gasteiger partial charge in [-0.3, -0.25) is 0 Å². The fraction of sp³-hybridized carbons (Fsp3) is 0.571. The van der Waals surface area contributed by atoms with E-state index in [0.717, 1.165) is 17.3 Å². The second-order valence-electron chi connectivity index (χ2n) is 4.59. The average Bonchev–Trinajstić information content (AvgIpc) is 2.30. The molecule has 0 heterocycles. The van der Waals surface area contributed by atoms with E-state index < -0.39 is 0 Å². The fourth-order valence-corrected chi connectivity index (χ4v) is 2.38. The van der Waals surface area contributed by atoms with E-state index in [1.54, 1.807) is 0 Å². The maximum absolute atomic E-state index is 9.41. The molecule has 0 saturated heterocycles. The second kappa shape index (κ2) is 7.08. The van der Waals surface area contributed by atoms with Crippen molar-refractivity contribution in [2.75, 3.05) is 6.61 Å². The molecule has 0 amide bonds. The summed E-state index contributed by atoms with van der Waals surface area (Å²) in [5, 5.41) is 9.41. The van der Waals surface area contributed by atoms with E-state index in [2.05, 4.69) is 48.0 Å². The molecule has 1 N–H and O–H groups in total. The summed E-state index contributed by atoms with van der Waals surface area (Å²) in [6.45, 7) is 4.74. The van der Waals surface area contributed by atoms with E-state index in [-0.39, 0.29) is 6.61 Å². The number of hydrogen-bond donors (Lipinski definition) is 1. The second-order valence-corrected chi connectivity index (χ2v) is 5.45. The molecular weight excluding hydrogens is 264 g/mol. The van der Waals surface area contributed by atoms with Crippen LogP contribution in [0.15, 0.2) is 28.7 Å². The highest BCUT2D eigenvalue weighted by atomic mass is 79.9. The van der Waals surface area contributed by atoms with Gasteiger partial charge in [-0.25, -0.2) is 0 Å². The number of aliphatic hydroxyl groups excluding tert-OH is 1. The number of halogens is 1. The molecule has 0 fully saturated rings. The lowest BCUT2D eigenvalue weighted by Crippen LogP contribution is -2.13. The van der Waals surface area contributed by atoms with Gasteiger partial charge in [0.1, 0.15) is 0 Å². The van der Waals surface area contributed by atoms with Crippen molar-refractivity contribution in [1.82, 2.24) is 0 Å². The van der Waals surface area contributed by atoms with Crippen molar-refractivity contribution in [3.05, 3.63) is 34.3 Å². The molecule has 0 aromatic heterocycles. The molecule has 0 saturated carbocycles. The summed E-state index contributed by atoms with van der Waals surface area (Å²) in [5.41, 5.74) is 1.30. The topological polar surface area (TPSA) is 20.2 Å². The normalized spacial score (nSPS) is 14.8. The molecule has 2 heteroatoms. The van der Waals surface area contributed by atoms with E-state index in [4.69, 9.17) is 0 Å². The zero-order chi connectivity index (χ0) is 12.0. The van der Waals surface area contributed by atoms with Gasteiger partial charge in [-0.2, -0.15) is 0 Å². The highest BCUT2D eigenvalue weighted by molar-refractivity contribution is 9.10. The standard InChI is InChI=1S/C14H21BrO/c1-3-11(2)8-12(10-16)9-13-6-4-5-7-14(13)15/h4-7,11-12,16H,3,8-10H2,1-2H3. The number of hydrogen-bond acceptors (Lipinski definition) is 1. The molecule has 0 bridgehead atoms. The third-order valence-electron chi connectivity index (χ3n) is 3.16. The van der Waals surface area contributed by atoms with Crippen molar-refractivity contribution >= 4 is 15.9 Å². The van der Waals surface area contributed by atoms with Crippen LogP contribution in [0.3, 0.4) is 0 Å². The Kier molecular flexibility index (Phi) is 6.07. The Morgan fingerprint density at radius 1 is 1.31 bits per heavy atom. The van der Waals surface area contributed by atoms with Crippen molar-refractivity contribution in [2.45, 2.75) is 33.1 Å². The van der Waals surface area contributed by atoms with Crippen LogP contribution < -0.4 is 0 Å². The summed E-state index contributed by atoms with van der Waals surface area (Å²) >= 11 is 3.56. The van der Waals surface area contributed by atoms with Crippen molar-refractivity contribution in [1.29, 1.82) is 0 Å². The predicted molar refractivity (Wildman–Crippen MR) is 72.5 cm³/mol. The molecule has 0 radical (unpaired) electrons. The Labute approximate surface area is 107 Å². The SMILES string of the molecule is CCC(C)CC(CO)Cc1ccccc1Br. The van der Waals surface area contributed by atoms with E-state index in [1.807, 2.05) is 6.07 Å². The molecule has 90 valence electrons. The Morgan fingerprint density at radius 3 is 2.56 bits per heavy atom. The number of aliphatic hydroxyl groups is 1. The maximum atomic E-state index is 9.41. The molecule has 1 aromatic rings. The molecule has 0 aliphatic rings. The summed E-state index contributed by atoms with van der Waals surface area (Å²) in [6, 6.07) is 8.27. The molecule has 1 rings (SSSR count). The van der Waals surface area contributed by atoms with E-state index in [0.29, 0.717) is 11.8 Å². The van der Waals surface area contributed by atoms with Gasteiger partial charge in [0, 0.05) is 11.1 Å². The van der Waals surface area contributed by atoms with E-state index in [9.17, 15) is 5.11 Å². The highest BCUT2D eigenvalue weighted by Crippen LogP contribution is 2.23. The van der Waals surface area contributed by atoms with Gasteiger partial charge < -0.3 is 5.11 Å². The van der Waals surface area contributed by atoms with Crippen LogP contribution in [0.5, 0.6) is 0 Å². The minimum absolute atomic E-state index is 0.283. The van der Waals surface area contributed by atoms with Gasteiger partial charge >= 0.3 is 0 Å². The molecule has 16 heavy (non-hydrogen) atoms. The quantitative estimate of drug-likeness (QED) is 0.836. The van der Waals surface area contributed by atoms with Crippen LogP contribution in [0.25, 0.3) is 0 Å². The third-order valence-corrected chi connectivity index (χ3v) is 3.93. The number of rotatable bonds is 6. The predicted octanol–water partition coefficient (Wildman–Crippen LogP) is 4.04. The lowest BCUT2D eigenvalue weighted by molar-refractivity contribution is 0.201. The minimum Gasteiger partial charge on any atom is -0.396 e. The zero-order valence-electron chi connectivity index (χ0n) is 10.1. The van der Waals surface area contributed by atoms with Gasteiger partial charge in [0.2, 0.25) is 0 Å². The van der Waals surface area contributed by atoms with E-state index in [1.165, 1.54) is 12.0 Å². The fourth-order valence-electron chi connectivity index (χ4n) is 1.93. The largest absolute Gasteiger partial charge is 0.396 e. The first kappa shape index (κ1) is 13.7. The van der Waals surface area contributed by atoms with E-state index >= 15 is 0 Å². The van der Waals surface area contributed by atoms with Crippen LogP contribution in [-0.4, -0.2) is 11.7 Å². The molecule has 2 unspecified atom stereocenters. The van der Waals surface area contributed by atoms with Crippen LogP contribution in [-0.2, 0) is 6.42 Å². The first-order valence-electron chi connectivity index (χ1n) is 6.01. The molecule has 1 aromatic carbocycles. The average molecular weight is 285 g/mol. The molecule has 0 aliphatic carbocycles. The third kappa shape index (κ3) is 4.26. The van der Waals surface area contributed by atoms with Gasteiger partial charge in [-0.05, 0) is 36.3 Å². The van der Waals surface area contributed by atoms with Gasteiger partial charge in [-0.15, -0.1) is 0 Å². The molecular formula is C14H21BrO. The van der Waals surface area contributed by atoms with Crippen molar-refractivity contribution in [3.8, 4) is 0 Å². The Balaban J connectivity index is 2.60. The lowest BCUT2D eigenvalue weighted by atomic mass is 9.90. The van der Waals surface area contributed by atoms with Crippen molar-refractivity contribution in [3.63, 3.8) is 0 Å². The Morgan fingerprint density at radius 2 is 2.00 bits per heavy atom. The summed E-state index contributed by atoms with van der Waals surface area (Å²) in [6.07, 6.45) is 3.25.